The number of nitrogens with one attached hydrogen (secondary N) is 1. The molecule has 3 aromatic carbocycles. The molecule has 2 N–H and O–H groups in total. The third-order valence-corrected chi connectivity index (χ3v) is 4.65. The Labute approximate surface area is 203 Å². The van der Waals surface area contributed by atoms with Crippen LogP contribution < -0.4 is 28.9 Å². The Morgan fingerprint density at radius 3 is 2.42 bits per heavy atom. The molecule has 3 rings (SSSR count). The molecule has 8 heteroatoms. The van der Waals surface area contributed by atoms with Crippen LogP contribution in [0.2, 0.25) is 10.0 Å². The van der Waals surface area contributed by atoms with Gasteiger partial charge in [0.25, 0.3) is 5.91 Å². The van der Waals surface area contributed by atoms with Crippen molar-refractivity contribution in [3.63, 3.8) is 0 Å². The molecule has 0 aliphatic carbocycles. The SMILES string of the molecule is O=C(Nc1ccc(OC/C=C/c2ccccc2)cc1C(=O)O)c1ccc(Cl)cc1Cl.[H-].[Li+]. The van der Waals surface area contributed by atoms with Crippen molar-refractivity contribution in [3.8, 4) is 5.75 Å². The Kier molecular flexibility index (Phi) is 9.23. The van der Waals surface area contributed by atoms with Crippen LogP contribution >= 0.6 is 23.2 Å². The minimum atomic E-state index is -1.20. The van der Waals surface area contributed by atoms with Gasteiger partial charge in [-0.05, 0) is 48.0 Å². The second kappa shape index (κ2) is 11.6. The van der Waals surface area contributed by atoms with Crippen LogP contribution in [0.5, 0.6) is 5.75 Å². The molecule has 31 heavy (non-hydrogen) atoms. The summed E-state index contributed by atoms with van der Waals surface area (Å²) in [6.07, 6.45) is 3.73. The van der Waals surface area contributed by atoms with E-state index in [-0.39, 0.29) is 48.7 Å². The van der Waals surface area contributed by atoms with Crippen molar-refractivity contribution in [3.05, 3.63) is 99.5 Å². The molecule has 0 unspecified atom stereocenters. The normalized spacial score (nSPS) is 10.4. The third kappa shape index (κ3) is 6.92. The number of anilines is 1. The van der Waals surface area contributed by atoms with Crippen molar-refractivity contribution in [2.75, 3.05) is 11.9 Å². The van der Waals surface area contributed by atoms with Crippen LogP contribution in [0.3, 0.4) is 0 Å². The van der Waals surface area contributed by atoms with Gasteiger partial charge < -0.3 is 16.6 Å². The molecule has 0 saturated carbocycles. The van der Waals surface area contributed by atoms with Crippen molar-refractivity contribution in [2.24, 2.45) is 0 Å². The van der Waals surface area contributed by atoms with Crippen LogP contribution in [0.1, 0.15) is 27.7 Å². The number of halogens is 2. The van der Waals surface area contributed by atoms with E-state index >= 15 is 0 Å². The van der Waals surface area contributed by atoms with E-state index in [1.54, 1.807) is 6.07 Å². The molecule has 154 valence electrons. The molecule has 0 heterocycles. The summed E-state index contributed by atoms with van der Waals surface area (Å²) in [4.78, 5) is 24.1. The van der Waals surface area contributed by atoms with E-state index < -0.39 is 11.9 Å². The fraction of sp³-hybridized carbons (Fsp3) is 0.0435. The molecule has 1 amide bonds. The topological polar surface area (TPSA) is 75.6 Å². The average Bonchev–Trinajstić information content (AvgIpc) is 2.72. The maximum Gasteiger partial charge on any atom is 1.00 e. The van der Waals surface area contributed by atoms with Crippen molar-refractivity contribution in [1.29, 1.82) is 0 Å². The zero-order valence-corrected chi connectivity index (χ0v) is 18.2. The predicted molar refractivity (Wildman–Crippen MR) is 120 cm³/mol. The Morgan fingerprint density at radius 2 is 1.74 bits per heavy atom. The zero-order chi connectivity index (χ0) is 21.5. The van der Waals surface area contributed by atoms with Gasteiger partial charge in [-0.25, -0.2) is 4.79 Å². The Hall–Kier alpha value is -2.68. The van der Waals surface area contributed by atoms with Gasteiger partial charge in [-0.15, -0.1) is 0 Å². The standard InChI is InChI=1S/C23H17Cl2NO4.Li.H/c24-16-8-10-18(20(25)13-16)22(27)26-21-11-9-17(14-19(21)23(28)29)30-12-4-7-15-5-2-1-3-6-15;;/h1-11,13-14H,12H2,(H,26,27)(H,28,29);;/q;+1;-1/b7-4+;;. The van der Waals surface area contributed by atoms with Crippen molar-refractivity contribution < 1.29 is 39.7 Å². The molecule has 0 saturated heterocycles. The number of rotatable bonds is 7. The summed E-state index contributed by atoms with van der Waals surface area (Å²) in [6.45, 7) is 0.264. The Morgan fingerprint density at radius 1 is 1.00 bits per heavy atom. The summed E-state index contributed by atoms with van der Waals surface area (Å²) in [6, 6.07) is 18.6. The van der Waals surface area contributed by atoms with Gasteiger partial charge >= 0.3 is 24.8 Å². The van der Waals surface area contributed by atoms with Gasteiger partial charge in [0.05, 0.1) is 21.8 Å². The monoisotopic (exact) mass is 449 g/mol. The van der Waals surface area contributed by atoms with Gasteiger partial charge in [0.15, 0.2) is 0 Å². The first-order valence-electron chi connectivity index (χ1n) is 8.92. The number of aromatic carboxylic acids is 1. The van der Waals surface area contributed by atoms with Gasteiger partial charge in [0, 0.05) is 5.02 Å². The molecule has 5 nitrogen and oxygen atoms in total. The molecule has 0 bridgehead atoms. The van der Waals surface area contributed by atoms with Crippen molar-refractivity contribution >= 4 is 46.8 Å². The van der Waals surface area contributed by atoms with Crippen LogP contribution in [0.25, 0.3) is 6.08 Å². The van der Waals surface area contributed by atoms with E-state index in [2.05, 4.69) is 5.32 Å². The smallest absolute Gasteiger partial charge is 1.00 e. The second-order valence-electron chi connectivity index (χ2n) is 6.21. The summed E-state index contributed by atoms with van der Waals surface area (Å²) in [7, 11) is 0. The number of hydrogen-bond acceptors (Lipinski definition) is 3. The van der Waals surface area contributed by atoms with Crippen molar-refractivity contribution in [1.82, 2.24) is 0 Å². The van der Waals surface area contributed by atoms with Gasteiger partial charge in [-0.3, -0.25) is 4.79 Å². The summed E-state index contributed by atoms with van der Waals surface area (Å²) in [5.41, 5.74) is 1.25. The molecule has 0 fully saturated rings. The van der Waals surface area contributed by atoms with Crippen molar-refractivity contribution in [2.45, 2.75) is 0 Å². The first-order chi connectivity index (χ1) is 14.4. The van der Waals surface area contributed by atoms with Gasteiger partial charge in [-0.1, -0.05) is 59.6 Å². The molecular weight excluding hydrogens is 432 g/mol. The second-order valence-corrected chi connectivity index (χ2v) is 7.06. The van der Waals surface area contributed by atoms with Crippen LogP contribution in [0, 0.1) is 0 Å². The first kappa shape index (κ1) is 24.6. The largest absolute Gasteiger partial charge is 1.00 e. The molecule has 0 spiro atoms. The number of carbonyl (C=O) groups excluding carboxylic acids is 1. The van der Waals surface area contributed by atoms with E-state index in [0.717, 1.165) is 5.56 Å². The Balaban J connectivity index is 0.00000256. The van der Waals surface area contributed by atoms with E-state index in [1.807, 2.05) is 42.5 Å². The maximum atomic E-state index is 12.5. The van der Waals surface area contributed by atoms with E-state index in [4.69, 9.17) is 27.9 Å². The van der Waals surface area contributed by atoms with Gasteiger partial charge in [0.2, 0.25) is 0 Å². The number of amides is 1. The molecule has 0 aliphatic heterocycles. The number of carboxylic acid groups (broad SMARTS) is 1. The number of benzene rings is 3. The molecule has 0 radical (unpaired) electrons. The fourth-order valence-corrected chi connectivity index (χ4v) is 3.15. The number of ether oxygens (including phenoxy) is 1. The van der Waals surface area contributed by atoms with Crippen LogP contribution in [-0.2, 0) is 0 Å². The average molecular weight is 450 g/mol. The third-order valence-electron chi connectivity index (χ3n) is 4.10. The Bertz CT molecular complexity index is 1110. The quantitative estimate of drug-likeness (QED) is 0.543. The van der Waals surface area contributed by atoms with Crippen LogP contribution in [-0.4, -0.2) is 23.6 Å². The first-order valence-corrected chi connectivity index (χ1v) is 9.68. The van der Waals surface area contributed by atoms with E-state index in [0.29, 0.717) is 10.8 Å². The zero-order valence-electron chi connectivity index (χ0n) is 17.6. The molecule has 3 aromatic rings. The van der Waals surface area contributed by atoms with E-state index in [9.17, 15) is 14.7 Å². The van der Waals surface area contributed by atoms with Crippen LogP contribution in [0.4, 0.5) is 5.69 Å². The maximum absolute atomic E-state index is 12.5. The number of carbonyl (C=O) groups is 2. The molecule has 0 aliphatic rings. The fourth-order valence-electron chi connectivity index (χ4n) is 2.66. The van der Waals surface area contributed by atoms with Crippen LogP contribution in [0.15, 0.2) is 72.8 Å². The minimum absolute atomic E-state index is 0. The predicted octanol–water partition coefficient (Wildman–Crippen LogP) is 3.15. The summed E-state index contributed by atoms with van der Waals surface area (Å²) in [5.74, 6) is -1.37. The van der Waals surface area contributed by atoms with E-state index in [1.165, 1.54) is 30.3 Å². The summed E-state index contributed by atoms with van der Waals surface area (Å²) >= 11 is 11.9. The number of carboxylic acids is 1. The molecular formula is C23H18Cl2LiNO4. The molecule has 0 atom stereocenters. The molecule has 0 aromatic heterocycles. The summed E-state index contributed by atoms with van der Waals surface area (Å²) in [5, 5.41) is 12.7. The minimum Gasteiger partial charge on any atom is -1.00 e. The summed E-state index contributed by atoms with van der Waals surface area (Å²) < 4.78 is 5.60. The van der Waals surface area contributed by atoms with Gasteiger partial charge in [0.1, 0.15) is 12.4 Å². The van der Waals surface area contributed by atoms with Gasteiger partial charge in [-0.2, -0.15) is 0 Å². The number of hydrogen-bond donors (Lipinski definition) is 2.